The van der Waals surface area contributed by atoms with Gasteiger partial charge in [0.1, 0.15) is 6.61 Å². The number of hydrogen-bond acceptors (Lipinski definition) is 4. The highest BCUT2D eigenvalue weighted by molar-refractivity contribution is 5.28. The molecule has 1 fully saturated rings. The maximum Gasteiger partial charge on any atom is 0.213 e. The van der Waals surface area contributed by atoms with E-state index in [1.807, 2.05) is 7.05 Å². The van der Waals surface area contributed by atoms with E-state index in [4.69, 9.17) is 4.74 Å². The van der Waals surface area contributed by atoms with Crippen LogP contribution in [0.4, 0.5) is 0 Å². The number of ether oxygens (including phenoxy) is 1. The van der Waals surface area contributed by atoms with E-state index >= 15 is 0 Å². The van der Waals surface area contributed by atoms with E-state index in [0.717, 1.165) is 31.3 Å². The second-order valence-corrected chi connectivity index (χ2v) is 6.88. The van der Waals surface area contributed by atoms with Gasteiger partial charge in [-0.1, -0.05) is 20.8 Å². The summed E-state index contributed by atoms with van der Waals surface area (Å²) in [5, 5.41) is 3.20. The van der Waals surface area contributed by atoms with Crippen LogP contribution in [0.5, 0.6) is 5.88 Å². The Hall–Kier alpha value is -1.13. The molecule has 0 amide bonds. The first kappa shape index (κ1) is 16.2. The molecule has 1 aromatic rings. The summed E-state index contributed by atoms with van der Waals surface area (Å²) in [4.78, 5) is 7.14. The van der Waals surface area contributed by atoms with Gasteiger partial charge in [-0.3, -0.25) is 4.90 Å². The number of aromatic nitrogens is 1. The Morgan fingerprint density at radius 2 is 1.95 bits per heavy atom. The molecule has 21 heavy (non-hydrogen) atoms. The molecule has 0 aromatic carbocycles. The summed E-state index contributed by atoms with van der Waals surface area (Å²) >= 11 is 0. The van der Waals surface area contributed by atoms with Gasteiger partial charge in [0.2, 0.25) is 5.88 Å². The Kier molecular flexibility index (Phi) is 5.59. The molecule has 0 spiro atoms. The van der Waals surface area contributed by atoms with Crippen LogP contribution in [0.1, 0.15) is 44.9 Å². The third-order valence-corrected chi connectivity index (χ3v) is 3.87. The fraction of sp³-hybridized carbons (Fsp3) is 0.706. The summed E-state index contributed by atoms with van der Waals surface area (Å²) in [6, 6.07) is 4.22. The second-order valence-electron chi connectivity index (χ2n) is 6.88. The summed E-state index contributed by atoms with van der Waals surface area (Å²) in [6.45, 7) is 11.6. The molecule has 0 aliphatic carbocycles. The van der Waals surface area contributed by atoms with Crippen LogP contribution in [0.15, 0.2) is 12.1 Å². The molecule has 0 radical (unpaired) electrons. The highest BCUT2D eigenvalue weighted by Crippen LogP contribution is 2.24. The molecule has 0 atom stereocenters. The van der Waals surface area contributed by atoms with Crippen molar-refractivity contribution in [3.05, 3.63) is 23.4 Å². The monoisotopic (exact) mass is 291 g/mol. The summed E-state index contributed by atoms with van der Waals surface area (Å²) in [7, 11) is 1.96. The molecule has 1 aliphatic heterocycles. The van der Waals surface area contributed by atoms with Crippen LogP contribution in [-0.4, -0.2) is 43.2 Å². The zero-order valence-electron chi connectivity index (χ0n) is 13.9. The zero-order chi connectivity index (χ0) is 15.3. The van der Waals surface area contributed by atoms with Crippen molar-refractivity contribution in [3.8, 4) is 5.88 Å². The van der Waals surface area contributed by atoms with Gasteiger partial charge in [0.05, 0.1) is 5.69 Å². The van der Waals surface area contributed by atoms with E-state index in [9.17, 15) is 0 Å². The molecule has 4 heteroatoms. The predicted octanol–water partition coefficient (Wildman–Crippen LogP) is 2.57. The molecule has 1 saturated heterocycles. The number of hydrogen-bond donors (Lipinski definition) is 1. The molecule has 1 aliphatic rings. The van der Waals surface area contributed by atoms with Crippen molar-refractivity contribution in [2.75, 3.05) is 33.3 Å². The van der Waals surface area contributed by atoms with Crippen LogP contribution < -0.4 is 10.1 Å². The van der Waals surface area contributed by atoms with Crippen molar-refractivity contribution < 1.29 is 4.74 Å². The highest BCUT2D eigenvalue weighted by Gasteiger charge is 2.18. The van der Waals surface area contributed by atoms with Crippen LogP contribution in [0, 0.1) is 0 Å². The molecule has 0 unspecified atom stereocenters. The van der Waals surface area contributed by atoms with Gasteiger partial charge in [0, 0.05) is 24.6 Å². The number of nitrogens with one attached hydrogen (secondary N) is 1. The van der Waals surface area contributed by atoms with Crippen molar-refractivity contribution in [1.29, 1.82) is 0 Å². The Bertz CT molecular complexity index is 448. The molecule has 2 rings (SSSR count). The average Bonchev–Trinajstić information content (AvgIpc) is 2.91. The van der Waals surface area contributed by atoms with Gasteiger partial charge in [-0.2, -0.15) is 0 Å². The third kappa shape index (κ3) is 4.97. The Morgan fingerprint density at radius 1 is 1.24 bits per heavy atom. The van der Waals surface area contributed by atoms with Crippen molar-refractivity contribution in [2.45, 2.75) is 45.6 Å². The van der Waals surface area contributed by atoms with Gasteiger partial charge < -0.3 is 10.1 Å². The van der Waals surface area contributed by atoms with Gasteiger partial charge in [-0.05, 0) is 44.6 Å². The minimum Gasteiger partial charge on any atom is -0.476 e. The normalized spacial score (nSPS) is 16.4. The quantitative estimate of drug-likeness (QED) is 0.874. The molecule has 2 heterocycles. The fourth-order valence-electron chi connectivity index (χ4n) is 2.61. The van der Waals surface area contributed by atoms with Crippen molar-refractivity contribution in [1.82, 2.24) is 15.2 Å². The maximum absolute atomic E-state index is 5.91. The first-order chi connectivity index (χ1) is 9.99. The SMILES string of the molecule is CNCc1cc(OCCN2CCCC2)nc(C(C)(C)C)c1. The smallest absolute Gasteiger partial charge is 0.213 e. The molecular formula is C17H29N3O. The lowest BCUT2D eigenvalue weighted by Gasteiger charge is -2.20. The molecule has 4 nitrogen and oxygen atoms in total. The van der Waals surface area contributed by atoms with Crippen molar-refractivity contribution >= 4 is 0 Å². The minimum atomic E-state index is 0.0385. The standard InChI is InChI=1S/C17H29N3O/c1-17(2,3)15-11-14(13-18-4)12-16(19-15)21-10-9-20-7-5-6-8-20/h11-12,18H,5-10,13H2,1-4H3. The minimum absolute atomic E-state index is 0.0385. The zero-order valence-corrected chi connectivity index (χ0v) is 13.9. The molecular weight excluding hydrogens is 262 g/mol. The number of nitrogens with zero attached hydrogens (tertiary/aromatic N) is 2. The van der Waals surface area contributed by atoms with E-state index in [-0.39, 0.29) is 5.41 Å². The lowest BCUT2D eigenvalue weighted by molar-refractivity contribution is 0.231. The van der Waals surface area contributed by atoms with E-state index in [1.54, 1.807) is 0 Å². The first-order valence-electron chi connectivity index (χ1n) is 8.00. The Labute approximate surface area is 128 Å². The average molecular weight is 291 g/mol. The molecule has 118 valence electrons. The highest BCUT2D eigenvalue weighted by atomic mass is 16.5. The van der Waals surface area contributed by atoms with Crippen LogP contribution in [0.25, 0.3) is 0 Å². The Balaban J connectivity index is 2.00. The lowest BCUT2D eigenvalue weighted by atomic mass is 9.91. The summed E-state index contributed by atoms with van der Waals surface area (Å²) < 4.78 is 5.91. The van der Waals surface area contributed by atoms with E-state index in [0.29, 0.717) is 0 Å². The molecule has 1 N–H and O–H groups in total. The largest absolute Gasteiger partial charge is 0.476 e. The molecule has 0 saturated carbocycles. The topological polar surface area (TPSA) is 37.4 Å². The maximum atomic E-state index is 5.91. The van der Waals surface area contributed by atoms with Crippen LogP contribution in [-0.2, 0) is 12.0 Å². The van der Waals surface area contributed by atoms with Gasteiger partial charge in [0.15, 0.2) is 0 Å². The lowest BCUT2D eigenvalue weighted by Crippen LogP contribution is -2.25. The van der Waals surface area contributed by atoms with Gasteiger partial charge >= 0.3 is 0 Å². The van der Waals surface area contributed by atoms with Crippen molar-refractivity contribution in [2.24, 2.45) is 0 Å². The summed E-state index contributed by atoms with van der Waals surface area (Å²) in [5.41, 5.74) is 2.36. The fourth-order valence-corrected chi connectivity index (χ4v) is 2.61. The number of pyridine rings is 1. The van der Waals surface area contributed by atoms with Crippen LogP contribution in [0.2, 0.25) is 0 Å². The van der Waals surface area contributed by atoms with Gasteiger partial charge in [-0.15, -0.1) is 0 Å². The van der Waals surface area contributed by atoms with E-state index in [1.165, 1.54) is 31.5 Å². The summed E-state index contributed by atoms with van der Waals surface area (Å²) in [6.07, 6.45) is 2.65. The molecule has 1 aromatic heterocycles. The Morgan fingerprint density at radius 3 is 2.57 bits per heavy atom. The third-order valence-electron chi connectivity index (χ3n) is 3.87. The number of rotatable bonds is 6. The number of likely N-dealkylation sites (tertiary alicyclic amines) is 1. The first-order valence-corrected chi connectivity index (χ1v) is 8.00. The van der Waals surface area contributed by atoms with Crippen LogP contribution in [0.3, 0.4) is 0 Å². The van der Waals surface area contributed by atoms with Gasteiger partial charge in [0.25, 0.3) is 0 Å². The van der Waals surface area contributed by atoms with Crippen LogP contribution >= 0.6 is 0 Å². The van der Waals surface area contributed by atoms with E-state index < -0.39 is 0 Å². The predicted molar refractivity (Wildman–Crippen MR) is 86.9 cm³/mol. The second kappa shape index (κ2) is 7.23. The van der Waals surface area contributed by atoms with Crippen molar-refractivity contribution in [3.63, 3.8) is 0 Å². The summed E-state index contributed by atoms with van der Waals surface area (Å²) in [5.74, 6) is 0.756. The van der Waals surface area contributed by atoms with Gasteiger partial charge in [-0.25, -0.2) is 4.98 Å². The molecule has 0 bridgehead atoms. The van der Waals surface area contributed by atoms with E-state index in [2.05, 4.69) is 48.1 Å².